The smallest absolute Gasteiger partial charge is 0.227 e. The van der Waals surface area contributed by atoms with E-state index in [0.29, 0.717) is 23.5 Å². The number of aliphatic carboxylic acids is 1. The van der Waals surface area contributed by atoms with Crippen molar-refractivity contribution in [2.45, 2.75) is 25.3 Å². The van der Waals surface area contributed by atoms with Crippen molar-refractivity contribution in [3.8, 4) is 5.88 Å². The molecule has 3 rings (SSSR count). The quantitative estimate of drug-likeness (QED) is 0.268. The molecule has 2 heterocycles. The van der Waals surface area contributed by atoms with Crippen LogP contribution in [-0.2, 0) is 18.3 Å². The number of nitrogens with zero attached hydrogens (tertiary/aromatic N) is 4. The molecule has 0 bridgehead atoms. The lowest BCUT2D eigenvalue weighted by Gasteiger charge is -2.30. The maximum Gasteiger partial charge on any atom is 0.227 e. The number of carboxylic acid groups (broad SMARTS) is 1. The van der Waals surface area contributed by atoms with E-state index < -0.39 is 12.0 Å². The van der Waals surface area contributed by atoms with Crippen LogP contribution in [0.3, 0.4) is 0 Å². The lowest BCUT2D eigenvalue weighted by atomic mass is 10.1. The number of carbonyl (C=O) groups excluding carboxylic acids is 1. The Bertz CT molecular complexity index is 1080. The predicted molar refractivity (Wildman–Crippen MR) is 124 cm³/mol. The minimum Gasteiger partial charge on any atom is -0.550 e. The van der Waals surface area contributed by atoms with E-state index in [4.69, 9.17) is 16.3 Å². The first-order chi connectivity index (χ1) is 15.1. The predicted octanol–water partition coefficient (Wildman–Crippen LogP) is 2.26. The highest BCUT2D eigenvalue weighted by molar-refractivity contribution is 6.29. The summed E-state index contributed by atoms with van der Waals surface area (Å²) in [5, 5.41) is 15.7. The fraction of sp³-hybridized carbons (Fsp3) is 0.435. The third kappa shape index (κ3) is 6.83. The molecular weight excluding hydrogens is 430 g/mol. The molecule has 0 spiro atoms. The maximum atomic E-state index is 11.1. The van der Waals surface area contributed by atoms with Crippen molar-refractivity contribution in [3.05, 3.63) is 47.2 Å². The number of aryl methyl sites for hydroxylation is 2. The molecule has 1 atom stereocenters. The van der Waals surface area contributed by atoms with Gasteiger partial charge in [0.25, 0.3) is 0 Å². The van der Waals surface area contributed by atoms with Gasteiger partial charge in [-0.05, 0) is 30.5 Å². The second kappa shape index (κ2) is 10.2. The van der Waals surface area contributed by atoms with Crippen LogP contribution in [-0.4, -0.2) is 65.3 Å². The summed E-state index contributed by atoms with van der Waals surface area (Å²) < 4.78 is 8.50. The minimum absolute atomic E-state index is 0.160. The summed E-state index contributed by atoms with van der Waals surface area (Å²) in [6, 6.07) is 9.60. The molecule has 1 aromatic carbocycles. The van der Waals surface area contributed by atoms with Crippen LogP contribution in [0.15, 0.2) is 36.5 Å². The fourth-order valence-corrected chi connectivity index (χ4v) is 3.94. The highest BCUT2D eigenvalue weighted by Crippen LogP contribution is 2.21. The van der Waals surface area contributed by atoms with Crippen LogP contribution in [0.1, 0.15) is 18.4 Å². The Labute approximate surface area is 193 Å². The molecule has 0 aliphatic heterocycles. The summed E-state index contributed by atoms with van der Waals surface area (Å²) >= 11 is 6.14. The number of likely N-dealkylation sites (N-methyl/N-ethyl adjacent to an activating group) is 1. The Hall–Kier alpha value is -2.84. The topological polar surface area (TPSA) is 92.1 Å². The van der Waals surface area contributed by atoms with Crippen LogP contribution in [0.4, 0.5) is 5.95 Å². The molecule has 9 heteroatoms. The Morgan fingerprint density at radius 2 is 2.06 bits per heavy atom. The molecular formula is C23H30ClN5O3. The van der Waals surface area contributed by atoms with Gasteiger partial charge in [0.15, 0.2) is 0 Å². The van der Waals surface area contributed by atoms with Gasteiger partial charge in [0, 0.05) is 42.6 Å². The van der Waals surface area contributed by atoms with Crippen molar-refractivity contribution in [1.29, 1.82) is 0 Å². The second-order valence-corrected chi connectivity index (χ2v) is 9.36. The standard InChI is InChI=1S/C23H30ClN5O3/c1-28-11-10-18-16(7-5-9-19(18)28)8-6-12-32-21-14-20(24)26-23(27-21)25-17(13-22(30)31)15-29(2,3)4/h5,7,9-11,14,17H,6,8,12-13,15H2,1-4H3,(H-,25,26,27,30,31). The lowest BCUT2D eigenvalue weighted by Crippen LogP contribution is -2.46. The largest absolute Gasteiger partial charge is 0.550 e. The number of anilines is 1. The number of ether oxygens (including phenoxy) is 1. The zero-order valence-electron chi connectivity index (χ0n) is 19.0. The van der Waals surface area contributed by atoms with Crippen LogP contribution in [0.25, 0.3) is 10.9 Å². The first-order valence-electron chi connectivity index (χ1n) is 10.6. The van der Waals surface area contributed by atoms with Gasteiger partial charge in [-0.25, -0.2) is 4.98 Å². The Morgan fingerprint density at radius 3 is 2.78 bits per heavy atom. The van der Waals surface area contributed by atoms with E-state index in [2.05, 4.69) is 50.3 Å². The molecule has 0 aliphatic rings. The molecule has 0 saturated carbocycles. The number of nitrogens with one attached hydrogen (secondary N) is 1. The molecule has 0 saturated heterocycles. The van der Waals surface area contributed by atoms with Gasteiger partial charge in [0.1, 0.15) is 5.15 Å². The maximum absolute atomic E-state index is 11.1. The van der Waals surface area contributed by atoms with Crippen LogP contribution < -0.4 is 15.2 Å². The van der Waals surface area contributed by atoms with Crippen molar-refractivity contribution in [3.63, 3.8) is 0 Å². The molecule has 3 aromatic rings. The van der Waals surface area contributed by atoms with Gasteiger partial charge >= 0.3 is 0 Å². The summed E-state index contributed by atoms with van der Waals surface area (Å²) in [5.74, 6) is -0.549. The van der Waals surface area contributed by atoms with Gasteiger partial charge in [-0.15, -0.1) is 0 Å². The first-order valence-corrected chi connectivity index (χ1v) is 11.0. The first kappa shape index (κ1) is 23.8. The number of hydrogen-bond donors (Lipinski definition) is 1. The molecule has 0 amide bonds. The summed E-state index contributed by atoms with van der Waals surface area (Å²) in [4.78, 5) is 19.7. The van der Waals surface area contributed by atoms with E-state index >= 15 is 0 Å². The monoisotopic (exact) mass is 459 g/mol. The highest BCUT2D eigenvalue weighted by Gasteiger charge is 2.20. The van der Waals surface area contributed by atoms with Gasteiger partial charge in [0.05, 0.1) is 40.3 Å². The molecule has 172 valence electrons. The molecule has 1 N–H and O–H groups in total. The van der Waals surface area contributed by atoms with Crippen molar-refractivity contribution >= 4 is 34.4 Å². The minimum atomic E-state index is -1.14. The summed E-state index contributed by atoms with van der Waals surface area (Å²) in [5.41, 5.74) is 2.49. The van der Waals surface area contributed by atoms with Crippen molar-refractivity contribution in [2.75, 3.05) is 39.6 Å². The molecule has 1 unspecified atom stereocenters. The van der Waals surface area contributed by atoms with E-state index in [1.165, 1.54) is 16.5 Å². The number of hydrogen-bond acceptors (Lipinski definition) is 6. The number of benzene rings is 1. The molecule has 32 heavy (non-hydrogen) atoms. The zero-order chi connectivity index (χ0) is 23.3. The normalized spacial score (nSPS) is 12.7. The second-order valence-electron chi connectivity index (χ2n) is 8.97. The van der Waals surface area contributed by atoms with E-state index in [9.17, 15) is 9.90 Å². The molecule has 8 nitrogen and oxygen atoms in total. The number of aromatic nitrogens is 3. The molecule has 0 aliphatic carbocycles. The summed E-state index contributed by atoms with van der Waals surface area (Å²) in [6.07, 6.45) is 3.59. The average Bonchev–Trinajstić information content (AvgIpc) is 3.05. The third-order valence-electron chi connectivity index (χ3n) is 5.04. The van der Waals surface area contributed by atoms with E-state index in [-0.39, 0.29) is 17.5 Å². The lowest BCUT2D eigenvalue weighted by molar-refractivity contribution is -0.870. The Kier molecular flexibility index (Phi) is 7.58. The van der Waals surface area contributed by atoms with E-state index in [0.717, 1.165) is 12.8 Å². The van der Waals surface area contributed by atoms with E-state index in [1.54, 1.807) is 6.07 Å². The van der Waals surface area contributed by atoms with Crippen molar-refractivity contribution in [1.82, 2.24) is 14.5 Å². The average molecular weight is 460 g/mol. The van der Waals surface area contributed by atoms with E-state index in [1.807, 2.05) is 28.2 Å². The van der Waals surface area contributed by atoms with Gasteiger partial charge in [-0.1, -0.05) is 23.7 Å². The summed E-state index contributed by atoms with van der Waals surface area (Å²) in [7, 11) is 7.98. The van der Waals surface area contributed by atoms with Gasteiger partial charge in [0.2, 0.25) is 11.8 Å². The molecule has 2 aromatic heterocycles. The number of fused-ring (bicyclic) bond motifs is 1. The Balaban J connectivity index is 1.60. The number of carbonyl (C=O) groups is 1. The summed E-state index contributed by atoms with van der Waals surface area (Å²) in [6.45, 7) is 1.02. The highest BCUT2D eigenvalue weighted by atomic mass is 35.5. The molecule has 0 fully saturated rings. The van der Waals surface area contributed by atoms with Crippen molar-refractivity contribution in [2.24, 2.45) is 7.05 Å². The Morgan fingerprint density at radius 1 is 1.28 bits per heavy atom. The number of quaternary nitrogens is 1. The van der Waals surface area contributed by atoms with Crippen LogP contribution >= 0.6 is 11.6 Å². The number of rotatable bonds is 11. The van der Waals surface area contributed by atoms with Crippen LogP contribution in [0, 0.1) is 0 Å². The van der Waals surface area contributed by atoms with Crippen molar-refractivity contribution < 1.29 is 19.1 Å². The fourth-order valence-electron chi connectivity index (χ4n) is 3.77. The number of carboxylic acids is 1. The number of halogens is 1. The van der Waals surface area contributed by atoms with Gasteiger partial charge in [-0.3, -0.25) is 0 Å². The SMILES string of the molecule is Cn1ccc2c(CCCOc3cc(Cl)nc(NC(CC(=O)[O-])C[N+](C)(C)C)n3)cccc21. The molecule has 0 radical (unpaired) electrons. The van der Waals surface area contributed by atoms with Gasteiger partial charge in [-0.2, -0.15) is 4.98 Å². The third-order valence-corrected chi connectivity index (χ3v) is 5.24. The van der Waals surface area contributed by atoms with Crippen LogP contribution in [0.2, 0.25) is 5.15 Å². The van der Waals surface area contributed by atoms with Gasteiger partial charge < -0.3 is 29.0 Å². The zero-order valence-corrected chi connectivity index (χ0v) is 19.7. The van der Waals surface area contributed by atoms with Crippen LogP contribution in [0.5, 0.6) is 5.88 Å².